The molecule has 1 aromatic carbocycles. The molecule has 1 aromatic rings. The van der Waals surface area contributed by atoms with Crippen LogP contribution in [-0.4, -0.2) is 13.2 Å². The Labute approximate surface area is 99.7 Å². The molecule has 88 valence electrons. The number of benzene rings is 1. The first kappa shape index (κ1) is 11.7. The van der Waals surface area contributed by atoms with Crippen molar-refractivity contribution in [2.45, 2.75) is 25.8 Å². The molecule has 0 radical (unpaired) electrons. The van der Waals surface area contributed by atoms with E-state index in [1.807, 2.05) is 13.0 Å². The van der Waals surface area contributed by atoms with Crippen molar-refractivity contribution in [3.63, 3.8) is 0 Å². The van der Waals surface area contributed by atoms with Gasteiger partial charge in [0.25, 0.3) is 0 Å². The van der Waals surface area contributed by atoms with E-state index in [0.29, 0.717) is 12.4 Å². The number of halogens is 2. The maximum Gasteiger partial charge on any atom is 0.183 e. The summed E-state index contributed by atoms with van der Waals surface area (Å²) in [5.74, 6) is -0.125. The lowest BCUT2D eigenvalue weighted by Gasteiger charge is -2.17. The fourth-order valence-corrected chi connectivity index (χ4v) is 2.19. The molecule has 0 spiro atoms. The number of fused-ring (bicyclic) bond motifs is 1. The third kappa shape index (κ3) is 2.15. The number of ether oxygens (including phenoxy) is 1. The molecule has 1 heterocycles. The van der Waals surface area contributed by atoms with Gasteiger partial charge in [-0.1, -0.05) is 24.6 Å². The van der Waals surface area contributed by atoms with Crippen LogP contribution in [-0.2, 0) is 0 Å². The number of hydrogen-bond donors (Lipinski definition) is 1. The molecule has 1 aliphatic heterocycles. The Balaban J connectivity index is 2.42. The highest BCUT2D eigenvalue weighted by molar-refractivity contribution is 6.30. The van der Waals surface area contributed by atoms with Crippen molar-refractivity contribution in [2.75, 3.05) is 13.2 Å². The van der Waals surface area contributed by atoms with Gasteiger partial charge in [-0.3, -0.25) is 0 Å². The molecule has 0 fully saturated rings. The Morgan fingerprint density at radius 2 is 2.38 bits per heavy atom. The highest BCUT2D eigenvalue weighted by Crippen LogP contribution is 2.36. The highest BCUT2D eigenvalue weighted by Gasteiger charge is 2.23. The van der Waals surface area contributed by atoms with E-state index >= 15 is 0 Å². The van der Waals surface area contributed by atoms with E-state index in [2.05, 4.69) is 5.32 Å². The van der Waals surface area contributed by atoms with E-state index in [1.165, 1.54) is 0 Å². The average molecular weight is 244 g/mol. The van der Waals surface area contributed by atoms with Crippen LogP contribution in [0.2, 0.25) is 5.02 Å². The molecular formula is C12H15ClFNO. The van der Waals surface area contributed by atoms with Gasteiger partial charge in [0.05, 0.1) is 11.6 Å². The van der Waals surface area contributed by atoms with Crippen LogP contribution in [0.3, 0.4) is 0 Å². The van der Waals surface area contributed by atoms with Crippen molar-refractivity contribution in [1.82, 2.24) is 5.32 Å². The topological polar surface area (TPSA) is 21.3 Å². The van der Waals surface area contributed by atoms with Crippen molar-refractivity contribution in [2.24, 2.45) is 0 Å². The Kier molecular flexibility index (Phi) is 3.66. The lowest BCUT2D eigenvalue weighted by Crippen LogP contribution is -2.20. The van der Waals surface area contributed by atoms with E-state index in [0.717, 1.165) is 24.9 Å². The van der Waals surface area contributed by atoms with E-state index in [4.69, 9.17) is 16.3 Å². The molecule has 0 saturated carbocycles. The third-order valence-corrected chi connectivity index (χ3v) is 3.08. The summed E-state index contributed by atoms with van der Waals surface area (Å²) in [7, 11) is 0. The molecule has 1 aliphatic rings. The minimum atomic E-state index is -0.441. The van der Waals surface area contributed by atoms with Crippen LogP contribution in [0.4, 0.5) is 4.39 Å². The van der Waals surface area contributed by atoms with Crippen LogP contribution in [0, 0.1) is 5.82 Å². The van der Waals surface area contributed by atoms with E-state index in [1.54, 1.807) is 6.07 Å². The molecule has 2 nitrogen and oxygen atoms in total. The molecule has 0 bridgehead atoms. The Hall–Kier alpha value is -0.800. The average Bonchev–Trinajstić information content (AvgIpc) is 2.48. The third-order valence-electron chi connectivity index (χ3n) is 2.79. The molecule has 0 saturated heterocycles. The fourth-order valence-electron chi connectivity index (χ4n) is 2.04. The van der Waals surface area contributed by atoms with Gasteiger partial charge in [-0.25, -0.2) is 4.39 Å². The van der Waals surface area contributed by atoms with Crippen LogP contribution in [0.25, 0.3) is 0 Å². The summed E-state index contributed by atoms with van der Waals surface area (Å²) in [6, 6.07) is 3.60. The minimum absolute atomic E-state index is 0.121. The van der Waals surface area contributed by atoms with Crippen molar-refractivity contribution in [3.05, 3.63) is 28.5 Å². The smallest absolute Gasteiger partial charge is 0.183 e. The monoisotopic (exact) mass is 243 g/mol. The first-order chi connectivity index (χ1) is 7.74. The first-order valence-corrected chi connectivity index (χ1v) is 5.96. The lowest BCUT2D eigenvalue weighted by molar-refractivity contribution is 0.300. The van der Waals surface area contributed by atoms with Crippen LogP contribution in [0.15, 0.2) is 12.1 Å². The molecule has 0 amide bonds. The summed E-state index contributed by atoms with van der Waals surface area (Å²) in [6.45, 7) is 3.44. The Morgan fingerprint density at radius 3 is 3.12 bits per heavy atom. The van der Waals surface area contributed by atoms with Gasteiger partial charge in [-0.05, 0) is 25.5 Å². The zero-order chi connectivity index (χ0) is 11.5. The molecule has 16 heavy (non-hydrogen) atoms. The van der Waals surface area contributed by atoms with Crippen LogP contribution < -0.4 is 10.1 Å². The summed E-state index contributed by atoms with van der Waals surface area (Å²) in [5, 5.41) is 3.46. The number of nitrogens with one attached hydrogen (secondary N) is 1. The first-order valence-electron chi connectivity index (χ1n) is 5.58. The molecule has 4 heteroatoms. The maximum absolute atomic E-state index is 13.8. The zero-order valence-corrected chi connectivity index (χ0v) is 9.98. The fraction of sp³-hybridized carbons (Fsp3) is 0.500. The molecule has 1 unspecified atom stereocenters. The van der Waals surface area contributed by atoms with Crippen molar-refractivity contribution >= 4 is 11.6 Å². The normalized spacial score (nSPS) is 19.8. The van der Waals surface area contributed by atoms with Crippen molar-refractivity contribution < 1.29 is 9.13 Å². The quantitative estimate of drug-likeness (QED) is 0.861. The largest absolute Gasteiger partial charge is 0.490 e. The second-order valence-electron chi connectivity index (χ2n) is 3.88. The SMILES string of the molecule is CCNC1CCCOc2c1ccc(Cl)c2F. The van der Waals surface area contributed by atoms with Gasteiger partial charge in [0.15, 0.2) is 11.6 Å². The van der Waals surface area contributed by atoms with Gasteiger partial charge in [0.2, 0.25) is 0 Å². The summed E-state index contributed by atoms with van der Waals surface area (Å²) in [4.78, 5) is 0. The molecule has 1 N–H and O–H groups in total. The number of hydrogen-bond acceptors (Lipinski definition) is 2. The highest BCUT2D eigenvalue weighted by atomic mass is 35.5. The molecule has 0 aliphatic carbocycles. The molecular weight excluding hydrogens is 229 g/mol. The molecule has 1 atom stereocenters. The van der Waals surface area contributed by atoms with Crippen LogP contribution >= 0.6 is 11.6 Å². The van der Waals surface area contributed by atoms with E-state index in [9.17, 15) is 4.39 Å². The van der Waals surface area contributed by atoms with Gasteiger partial charge in [-0.15, -0.1) is 0 Å². The van der Waals surface area contributed by atoms with Gasteiger partial charge in [-0.2, -0.15) is 0 Å². The standard InChI is InChI=1S/C12H15ClFNO/c1-2-15-10-4-3-7-16-12-8(10)5-6-9(13)11(12)14/h5-6,10,15H,2-4,7H2,1H3. The van der Waals surface area contributed by atoms with Crippen molar-refractivity contribution in [3.8, 4) is 5.75 Å². The Bertz CT molecular complexity index is 384. The lowest BCUT2D eigenvalue weighted by atomic mass is 10.0. The maximum atomic E-state index is 13.8. The van der Waals surface area contributed by atoms with Crippen molar-refractivity contribution in [1.29, 1.82) is 0 Å². The van der Waals surface area contributed by atoms with Crippen LogP contribution in [0.5, 0.6) is 5.75 Å². The van der Waals surface area contributed by atoms with E-state index < -0.39 is 5.82 Å². The van der Waals surface area contributed by atoms with Gasteiger partial charge < -0.3 is 10.1 Å². The molecule has 2 rings (SSSR count). The van der Waals surface area contributed by atoms with Gasteiger partial charge in [0, 0.05) is 11.6 Å². The summed E-state index contributed by atoms with van der Waals surface area (Å²) >= 11 is 5.75. The predicted octanol–water partition coefficient (Wildman–Crippen LogP) is 3.30. The molecule has 0 aromatic heterocycles. The second-order valence-corrected chi connectivity index (χ2v) is 4.29. The Morgan fingerprint density at radius 1 is 1.56 bits per heavy atom. The van der Waals surface area contributed by atoms with Gasteiger partial charge >= 0.3 is 0 Å². The van der Waals surface area contributed by atoms with E-state index in [-0.39, 0.29) is 11.1 Å². The summed E-state index contributed by atoms with van der Waals surface area (Å²) < 4.78 is 19.2. The summed E-state index contributed by atoms with van der Waals surface area (Å²) in [5.41, 5.74) is 0.876. The van der Waals surface area contributed by atoms with Crippen LogP contribution in [0.1, 0.15) is 31.4 Å². The second kappa shape index (κ2) is 5.02. The van der Waals surface area contributed by atoms with Gasteiger partial charge in [0.1, 0.15) is 0 Å². The predicted molar refractivity (Wildman–Crippen MR) is 62.6 cm³/mol. The summed E-state index contributed by atoms with van der Waals surface area (Å²) in [6.07, 6.45) is 1.88. The minimum Gasteiger partial charge on any atom is -0.490 e. The number of rotatable bonds is 2. The zero-order valence-electron chi connectivity index (χ0n) is 9.22.